The average Bonchev–Trinajstić information content (AvgIpc) is 2.38. The molecular formula is C13H12N4O. The molecule has 0 aliphatic rings. The van der Waals surface area contributed by atoms with Crippen molar-refractivity contribution in [2.45, 2.75) is 6.92 Å². The van der Waals surface area contributed by atoms with Crippen LogP contribution < -0.4 is 5.73 Å². The number of nitroso groups, excluding NO2 is 1. The summed E-state index contributed by atoms with van der Waals surface area (Å²) in [5, 5.41) is 11.0. The summed E-state index contributed by atoms with van der Waals surface area (Å²) in [5.41, 5.74) is 8.53. The number of hydrogen-bond acceptors (Lipinski definition) is 5. The Labute approximate surface area is 104 Å². The van der Waals surface area contributed by atoms with Crippen LogP contribution in [0.25, 0.3) is 0 Å². The fourth-order valence-electron chi connectivity index (χ4n) is 1.48. The van der Waals surface area contributed by atoms with Crippen molar-refractivity contribution in [1.29, 1.82) is 0 Å². The highest BCUT2D eigenvalue weighted by atomic mass is 16.3. The first kappa shape index (κ1) is 11.9. The Morgan fingerprint density at radius 2 is 1.67 bits per heavy atom. The molecule has 0 heterocycles. The molecule has 2 aromatic rings. The number of azo groups is 1. The summed E-state index contributed by atoms with van der Waals surface area (Å²) in [7, 11) is 0. The Morgan fingerprint density at radius 3 is 2.39 bits per heavy atom. The van der Waals surface area contributed by atoms with Gasteiger partial charge in [-0.3, -0.25) is 0 Å². The lowest BCUT2D eigenvalue weighted by molar-refractivity contribution is 1.22. The monoisotopic (exact) mass is 240 g/mol. The second kappa shape index (κ2) is 5.18. The molecule has 18 heavy (non-hydrogen) atoms. The molecule has 0 radical (unpaired) electrons. The fraction of sp³-hybridized carbons (Fsp3) is 0.0769. The van der Waals surface area contributed by atoms with Crippen molar-refractivity contribution in [2.75, 3.05) is 5.73 Å². The number of aryl methyl sites for hydroxylation is 1. The third-order valence-corrected chi connectivity index (χ3v) is 2.43. The van der Waals surface area contributed by atoms with Crippen molar-refractivity contribution < 1.29 is 0 Å². The number of rotatable bonds is 3. The van der Waals surface area contributed by atoms with Gasteiger partial charge in [0.15, 0.2) is 0 Å². The van der Waals surface area contributed by atoms with E-state index < -0.39 is 0 Å². The van der Waals surface area contributed by atoms with Gasteiger partial charge in [-0.2, -0.15) is 0 Å². The first-order chi connectivity index (χ1) is 8.70. The molecule has 0 atom stereocenters. The third kappa shape index (κ3) is 2.57. The molecule has 2 rings (SSSR count). The molecule has 2 aromatic carbocycles. The molecule has 0 fully saturated rings. The molecule has 0 bridgehead atoms. The van der Waals surface area contributed by atoms with Gasteiger partial charge in [0.05, 0.1) is 5.69 Å². The molecule has 0 amide bonds. The van der Waals surface area contributed by atoms with Crippen molar-refractivity contribution in [2.24, 2.45) is 15.4 Å². The number of para-hydroxylation sites is 1. The van der Waals surface area contributed by atoms with Gasteiger partial charge in [-0.1, -0.05) is 18.2 Å². The molecule has 0 aromatic heterocycles. The van der Waals surface area contributed by atoms with Crippen LogP contribution >= 0.6 is 0 Å². The van der Waals surface area contributed by atoms with Crippen LogP contribution in [-0.2, 0) is 0 Å². The predicted molar refractivity (Wildman–Crippen MR) is 71.7 cm³/mol. The number of nitrogens with zero attached hydrogens (tertiary/aromatic N) is 3. The Hall–Kier alpha value is -2.56. The zero-order valence-electron chi connectivity index (χ0n) is 9.87. The lowest BCUT2D eigenvalue weighted by Crippen LogP contribution is -1.82. The Kier molecular flexibility index (Phi) is 3.43. The summed E-state index contributed by atoms with van der Waals surface area (Å²) in [6.07, 6.45) is 0. The maximum absolute atomic E-state index is 10.6. The van der Waals surface area contributed by atoms with E-state index in [-0.39, 0.29) is 5.69 Å². The SMILES string of the molecule is Cc1ccc(N=O)c(N=Nc2ccccc2N)c1. The van der Waals surface area contributed by atoms with Gasteiger partial charge in [-0.25, -0.2) is 0 Å². The number of anilines is 1. The predicted octanol–water partition coefficient (Wildman–Crippen LogP) is 4.39. The van der Waals surface area contributed by atoms with Gasteiger partial charge < -0.3 is 5.73 Å². The van der Waals surface area contributed by atoms with Gasteiger partial charge in [0, 0.05) is 0 Å². The van der Waals surface area contributed by atoms with Crippen molar-refractivity contribution in [1.82, 2.24) is 0 Å². The number of nitrogens with two attached hydrogens (primary N) is 1. The molecule has 0 spiro atoms. The molecule has 90 valence electrons. The van der Waals surface area contributed by atoms with Crippen molar-refractivity contribution in [3.63, 3.8) is 0 Å². The van der Waals surface area contributed by atoms with Crippen LogP contribution in [0.3, 0.4) is 0 Å². The van der Waals surface area contributed by atoms with Crippen LogP contribution in [0.4, 0.5) is 22.7 Å². The molecule has 0 aliphatic carbocycles. The molecule has 2 N–H and O–H groups in total. The highest BCUT2D eigenvalue weighted by Crippen LogP contribution is 2.31. The number of nitrogen functional groups attached to an aromatic ring is 1. The summed E-state index contributed by atoms with van der Waals surface area (Å²) in [6.45, 7) is 1.91. The van der Waals surface area contributed by atoms with Gasteiger partial charge >= 0.3 is 0 Å². The maximum atomic E-state index is 10.6. The van der Waals surface area contributed by atoms with Crippen LogP contribution in [0, 0.1) is 11.8 Å². The maximum Gasteiger partial charge on any atom is 0.135 e. The average molecular weight is 240 g/mol. The quantitative estimate of drug-likeness (QED) is 0.490. The van der Waals surface area contributed by atoms with Crippen molar-refractivity contribution >= 4 is 22.7 Å². The fourth-order valence-corrected chi connectivity index (χ4v) is 1.48. The minimum atomic E-state index is 0.263. The third-order valence-electron chi connectivity index (χ3n) is 2.43. The summed E-state index contributed by atoms with van der Waals surface area (Å²) in [5.74, 6) is 0. The van der Waals surface area contributed by atoms with E-state index in [1.807, 2.05) is 19.1 Å². The van der Waals surface area contributed by atoms with E-state index in [0.717, 1.165) is 5.56 Å². The Bertz CT molecular complexity index is 608. The second-order valence-corrected chi connectivity index (χ2v) is 3.84. The molecule has 0 aliphatic heterocycles. The molecular weight excluding hydrogens is 228 g/mol. The smallest absolute Gasteiger partial charge is 0.135 e. The van der Waals surface area contributed by atoms with Gasteiger partial charge in [0.1, 0.15) is 17.1 Å². The first-order valence-corrected chi connectivity index (χ1v) is 5.41. The number of benzene rings is 2. The van der Waals surface area contributed by atoms with E-state index in [0.29, 0.717) is 17.1 Å². The van der Waals surface area contributed by atoms with E-state index >= 15 is 0 Å². The van der Waals surface area contributed by atoms with Crippen molar-refractivity contribution in [3.8, 4) is 0 Å². The summed E-state index contributed by atoms with van der Waals surface area (Å²) in [4.78, 5) is 10.6. The lowest BCUT2D eigenvalue weighted by Gasteiger charge is -1.99. The normalized spacial score (nSPS) is 10.7. The second-order valence-electron chi connectivity index (χ2n) is 3.84. The summed E-state index contributed by atoms with van der Waals surface area (Å²) in [6, 6.07) is 12.3. The van der Waals surface area contributed by atoms with E-state index in [2.05, 4.69) is 15.4 Å². The van der Waals surface area contributed by atoms with E-state index in [9.17, 15) is 4.91 Å². The Morgan fingerprint density at radius 1 is 0.944 bits per heavy atom. The zero-order chi connectivity index (χ0) is 13.0. The molecule has 0 saturated heterocycles. The van der Waals surface area contributed by atoms with Gasteiger partial charge in [-0.05, 0) is 41.9 Å². The van der Waals surface area contributed by atoms with Crippen LogP contribution in [0.5, 0.6) is 0 Å². The van der Waals surface area contributed by atoms with Crippen LogP contribution in [-0.4, -0.2) is 0 Å². The molecule has 5 nitrogen and oxygen atoms in total. The molecule has 0 unspecified atom stereocenters. The largest absolute Gasteiger partial charge is 0.397 e. The zero-order valence-corrected chi connectivity index (χ0v) is 9.87. The Balaban J connectivity index is 2.37. The molecule has 0 saturated carbocycles. The van der Waals surface area contributed by atoms with Crippen LogP contribution in [0.2, 0.25) is 0 Å². The van der Waals surface area contributed by atoms with Crippen molar-refractivity contribution in [3.05, 3.63) is 52.9 Å². The van der Waals surface area contributed by atoms with Gasteiger partial charge in [0.2, 0.25) is 0 Å². The molecule has 5 heteroatoms. The number of hydrogen-bond donors (Lipinski definition) is 1. The van der Waals surface area contributed by atoms with Crippen LogP contribution in [0.15, 0.2) is 57.9 Å². The summed E-state index contributed by atoms with van der Waals surface area (Å²) < 4.78 is 0. The minimum absolute atomic E-state index is 0.263. The topological polar surface area (TPSA) is 80.2 Å². The summed E-state index contributed by atoms with van der Waals surface area (Å²) >= 11 is 0. The van der Waals surface area contributed by atoms with E-state index in [1.54, 1.807) is 30.3 Å². The lowest BCUT2D eigenvalue weighted by atomic mass is 10.2. The first-order valence-electron chi connectivity index (χ1n) is 5.41. The standard InChI is InChI=1S/C13H12N4O/c1-9-6-7-12(17-18)13(8-9)16-15-11-5-3-2-4-10(11)14/h2-8H,14H2,1H3. The van der Waals surface area contributed by atoms with Crippen LogP contribution in [0.1, 0.15) is 5.56 Å². The van der Waals surface area contributed by atoms with Gasteiger partial charge in [0.25, 0.3) is 0 Å². The van der Waals surface area contributed by atoms with E-state index in [4.69, 9.17) is 5.73 Å². The highest BCUT2D eigenvalue weighted by Gasteiger charge is 2.02. The van der Waals surface area contributed by atoms with E-state index in [1.165, 1.54) is 0 Å². The minimum Gasteiger partial charge on any atom is -0.397 e. The highest BCUT2D eigenvalue weighted by molar-refractivity contribution is 5.64. The van der Waals surface area contributed by atoms with Gasteiger partial charge in [-0.15, -0.1) is 15.1 Å².